The molecule has 2 fully saturated rings. The Morgan fingerprint density at radius 3 is 2.51 bits per heavy atom. The predicted octanol–water partition coefficient (Wildman–Crippen LogP) is 1.80. The van der Waals surface area contributed by atoms with Crippen molar-refractivity contribution in [1.82, 2.24) is 20.0 Å². The van der Waals surface area contributed by atoms with Gasteiger partial charge in [0.2, 0.25) is 5.91 Å². The van der Waals surface area contributed by atoms with Gasteiger partial charge in [0, 0.05) is 64.0 Å². The van der Waals surface area contributed by atoms with Crippen molar-refractivity contribution < 1.29 is 14.3 Å². The third kappa shape index (κ3) is 7.17. The Labute approximate surface area is 220 Å². The first kappa shape index (κ1) is 27.3. The van der Waals surface area contributed by atoms with Crippen molar-refractivity contribution in [1.29, 1.82) is 0 Å². The first-order chi connectivity index (χ1) is 18.0. The van der Waals surface area contributed by atoms with Gasteiger partial charge < -0.3 is 20.7 Å². The van der Waals surface area contributed by atoms with Crippen molar-refractivity contribution in [3.8, 4) is 0 Å². The summed E-state index contributed by atoms with van der Waals surface area (Å²) in [6, 6.07) is 15.6. The van der Waals surface area contributed by atoms with Gasteiger partial charge in [-0.1, -0.05) is 42.0 Å². The van der Waals surface area contributed by atoms with E-state index < -0.39 is 6.04 Å². The van der Waals surface area contributed by atoms with Crippen molar-refractivity contribution in [3.05, 3.63) is 70.8 Å². The highest BCUT2D eigenvalue weighted by atomic mass is 16.5. The van der Waals surface area contributed by atoms with E-state index in [4.69, 9.17) is 10.5 Å². The lowest BCUT2D eigenvalue weighted by molar-refractivity contribution is -0.124. The van der Waals surface area contributed by atoms with Gasteiger partial charge in [-0.3, -0.25) is 19.4 Å². The number of nitrogens with zero attached hydrogens (tertiary/aromatic N) is 3. The number of carbonyl (C=O) groups is 2. The van der Waals surface area contributed by atoms with E-state index in [0.717, 1.165) is 51.5 Å². The van der Waals surface area contributed by atoms with Crippen molar-refractivity contribution in [3.63, 3.8) is 0 Å². The van der Waals surface area contributed by atoms with E-state index in [1.165, 1.54) is 11.1 Å². The summed E-state index contributed by atoms with van der Waals surface area (Å²) < 4.78 is 5.53. The number of nitrogens with two attached hydrogens (primary N) is 1. The summed E-state index contributed by atoms with van der Waals surface area (Å²) in [5, 5.41) is 2.92. The summed E-state index contributed by atoms with van der Waals surface area (Å²) in [5.74, 6) is -0.225. The zero-order valence-electron chi connectivity index (χ0n) is 22.2. The molecule has 3 N–H and O–H groups in total. The highest BCUT2D eigenvalue weighted by Gasteiger charge is 2.42. The van der Waals surface area contributed by atoms with E-state index in [0.29, 0.717) is 31.6 Å². The van der Waals surface area contributed by atoms with Crippen LogP contribution >= 0.6 is 0 Å². The molecule has 0 radical (unpaired) electrons. The summed E-state index contributed by atoms with van der Waals surface area (Å²) in [5.41, 5.74) is 9.88. The number of ether oxygens (including phenoxy) is 1. The maximum Gasteiger partial charge on any atom is 0.254 e. The molecule has 37 heavy (non-hydrogen) atoms. The maximum atomic E-state index is 13.6. The molecule has 200 valence electrons. The summed E-state index contributed by atoms with van der Waals surface area (Å²) in [7, 11) is 0. The van der Waals surface area contributed by atoms with Crippen LogP contribution in [-0.4, -0.2) is 97.6 Å². The Morgan fingerprint density at radius 1 is 1.08 bits per heavy atom. The van der Waals surface area contributed by atoms with Crippen molar-refractivity contribution in [2.75, 3.05) is 59.0 Å². The lowest BCUT2D eigenvalue weighted by atomic mass is 10.1. The van der Waals surface area contributed by atoms with Crippen molar-refractivity contribution in [2.45, 2.75) is 38.9 Å². The molecule has 0 aromatic heterocycles. The minimum atomic E-state index is -0.520. The first-order valence-electron chi connectivity index (χ1n) is 13.4. The minimum absolute atomic E-state index is 0.0728. The van der Waals surface area contributed by atoms with Gasteiger partial charge in [0.15, 0.2) is 0 Å². The fourth-order valence-corrected chi connectivity index (χ4v) is 5.22. The lowest BCUT2D eigenvalue weighted by Gasteiger charge is -2.33. The number of hydrogen-bond acceptors (Lipinski definition) is 6. The second kappa shape index (κ2) is 13.1. The molecular weight excluding hydrogens is 466 g/mol. The molecule has 2 aromatic rings. The van der Waals surface area contributed by atoms with Gasteiger partial charge in [-0.25, -0.2) is 0 Å². The molecular formula is C29H41N5O3. The monoisotopic (exact) mass is 507 g/mol. The number of benzene rings is 2. The number of hydrogen-bond donors (Lipinski definition) is 2. The van der Waals surface area contributed by atoms with Crippen LogP contribution in [0.2, 0.25) is 0 Å². The van der Waals surface area contributed by atoms with Crippen LogP contribution in [0, 0.1) is 13.8 Å². The van der Waals surface area contributed by atoms with Crippen LogP contribution in [0.1, 0.15) is 33.5 Å². The molecule has 4 rings (SSSR count). The van der Waals surface area contributed by atoms with Crippen LogP contribution in [-0.2, 0) is 16.1 Å². The fraction of sp³-hybridized carbons (Fsp3) is 0.517. The van der Waals surface area contributed by atoms with Gasteiger partial charge in [0.25, 0.3) is 5.91 Å². The number of rotatable bonds is 10. The summed E-state index contributed by atoms with van der Waals surface area (Å²) in [6.07, 6.45) is 0.600. The molecule has 2 atom stereocenters. The zero-order valence-corrected chi connectivity index (χ0v) is 22.2. The van der Waals surface area contributed by atoms with Crippen LogP contribution in [0.4, 0.5) is 0 Å². The highest BCUT2D eigenvalue weighted by molar-refractivity contribution is 5.98. The Bertz CT molecular complexity index is 1040. The Morgan fingerprint density at radius 2 is 1.81 bits per heavy atom. The largest absolute Gasteiger partial charge is 0.379 e. The molecule has 2 saturated heterocycles. The normalized spacial score (nSPS) is 20.4. The number of aryl methyl sites for hydroxylation is 2. The van der Waals surface area contributed by atoms with Crippen LogP contribution in [0.25, 0.3) is 0 Å². The van der Waals surface area contributed by atoms with E-state index in [1.54, 1.807) is 4.90 Å². The van der Waals surface area contributed by atoms with Crippen molar-refractivity contribution >= 4 is 11.8 Å². The van der Waals surface area contributed by atoms with E-state index in [-0.39, 0.29) is 17.9 Å². The quantitative estimate of drug-likeness (QED) is 0.510. The molecule has 2 aliphatic rings. The molecule has 0 spiro atoms. The minimum Gasteiger partial charge on any atom is -0.379 e. The molecule has 0 aliphatic carbocycles. The predicted molar refractivity (Wildman–Crippen MR) is 145 cm³/mol. The maximum absolute atomic E-state index is 13.6. The summed E-state index contributed by atoms with van der Waals surface area (Å²) in [6.45, 7) is 11.4. The lowest BCUT2D eigenvalue weighted by Crippen LogP contribution is -2.47. The van der Waals surface area contributed by atoms with E-state index in [2.05, 4.69) is 46.3 Å². The fourth-order valence-electron chi connectivity index (χ4n) is 5.22. The van der Waals surface area contributed by atoms with Gasteiger partial charge >= 0.3 is 0 Å². The molecule has 0 bridgehead atoms. The average molecular weight is 508 g/mol. The topological polar surface area (TPSA) is 91.1 Å². The Balaban J connectivity index is 1.56. The number of carbonyl (C=O) groups excluding carboxylic acids is 2. The molecule has 2 amide bonds. The third-order valence-electron chi connectivity index (χ3n) is 7.54. The van der Waals surface area contributed by atoms with Crippen molar-refractivity contribution in [2.24, 2.45) is 5.73 Å². The molecule has 2 heterocycles. The molecule has 0 saturated carbocycles. The van der Waals surface area contributed by atoms with Crippen LogP contribution in [0.5, 0.6) is 0 Å². The average Bonchev–Trinajstić information content (AvgIpc) is 3.37. The molecule has 2 unspecified atom stereocenters. The van der Waals surface area contributed by atoms with Gasteiger partial charge in [-0.15, -0.1) is 0 Å². The zero-order chi connectivity index (χ0) is 26.2. The van der Waals surface area contributed by atoms with E-state index in [1.807, 2.05) is 31.2 Å². The van der Waals surface area contributed by atoms with Gasteiger partial charge in [0.1, 0.15) is 6.04 Å². The number of amides is 2. The van der Waals surface area contributed by atoms with Crippen LogP contribution < -0.4 is 11.1 Å². The van der Waals surface area contributed by atoms with Gasteiger partial charge in [-0.2, -0.15) is 0 Å². The van der Waals surface area contributed by atoms with Crippen LogP contribution in [0.15, 0.2) is 48.5 Å². The second-order valence-electron chi connectivity index (χ2n) is 10.2. The smallest absolute Gasteiger partial charge is 0.254 e. The molecule has 8 heteroatoms. The number of morpholine rings is 1. The molecule has 8 nitrogen and oxygen atoms in total. The summed E-state index contributed by atoms with van der Waals surface area (Å²) in [4.78, 5) is 33.5. The van der Waals surface area contributed by atoms with Gasteiger partial charge in [0.05, 0.1) is 13.2 Å². The highest BCUT2D eigenvalue weighted by Crippen LogP contribution is 2.27. The third-order valence-corrected chi connectivity index (χ3v) is 7.54. The van der Waals surface area contributed by atoms with Crippen LogP contribution in [0.3, 0.4) is 0 Å². The van der Waals surface area contributed by atoms with Gasteiger partial charge in [-0.05, 0) is 43.5 Å². The second-order valence-corrected chi connectivity index (χ2v) is 10.2. The Hall–Kier alpha value is -2.78. The first-order valence-corrected chi connectivity index (χ1v) is 13.4. The van der Waals surface area contributed by atoms with E-state index in [9.17, 15) is 9.59 Å². The summed E-state index contributed by atoms with van der Waals surface area (Å²) >= 11 is 0. The standard InChI is InChI=1S/C29H41N5O3/c1-22-7-9-24(10-8-22)29(36)34-21-26(19-27(34)28(35)31-12-11-30)33(14-13-32-15-17-37-18-16-32)20-25-6-4-3-5-23(25)2/h3-10,26-27H,11-21,30H2,1-2H3,(H,31,35). The number of nitrogens with one attached hydrogen (secondary N) is 1. The Kier molecular flexibility index (Phi) is 9.68. The molecule has 2 aromatic carbocycles. The SMILES string of the molecule is Cc1ccc(C(=O)N2CC(N(CCN3CCOCC3)Cc3ccccc3C)CC2C(=O)NCCN)cc1. The number of likely N-dealkylation sites (tertiary alicyclic amines) is 1. The molecule has 2 aliphatic heterocycles. The van der Waals surface area contributed by atoms with E-state index >= 15 is 0 Å².